The summed E-state index contributed by atoms with van der Waals surface area (Å²) in [6.45, 7) is 2.99. The number of anilines is 1. The molecule has 4 heteroatoms. The van der Waals surface area contributed by atoms with E-state index >= 15 is 0 Å². The first-order valence-corrected chi connectivity index (χ1v) is 5.13. The van der Waals surface area contributed by atoms with E-state index < -0.39 is 0 Å². The molecule has 1 heterocycles. The average molecular weight is 204 g/mol. The summed E-state index contributed by atoms with van der Waals surface area (Å²) in [4.78, 5) is 1.97. The molecule has 1 aliphatic heterocycles. The van der Waals surface area contributed by atoms with Gasteiger partial charge >= 0.3 is 0 Å². The summed E-state index contributed by atoms with van der Waals surface area (Å²) in [5.41, 5.74) is 9.49. The van der Waals surface area contributed by atoms with Crippen LogP contribution in [0.2, 0.25) is 0 Å². The van der Waals surface area contributed by atoms with Gasteiger partial charge in [-0.05, 0) is 31.4 Å². The van der Waals surface area contributed by atoms with Crippen molar-refractivity contribution in [3.63, 3.8) is 0 Å². The zero-order chi connectivity index (χ0) is 10.8. The average Bonchev–Trinajstić information content (AvgIpc) is 2.26. The first-order valence-electron chi connectivity index (χ1n) is 5.13. The summed E-state index contributed by atoms with van der Waals surface area (Å²) in [7, 11) is 0. The summed E-state index contributed by atoms with van der Waals surface area (Å²) in [6, 6.07) is 6.37. The largest absolute Gasteiger partial charge is 0.368 e. The van der Waals surface area contributed by atoms with Gasteiger partial charge in [-0.15, -0.1) is 5.10 Å². The SMILES string of the molecule is Cc1ccc2c(c1)CCCN2C(N)=NN. The monoisotopic (exact) mass is 204 g/mol. The lowest BCUT2D eigenvalue weighted by molar-refractivity contribution is 0.772. The molecule has 0 aliphatic carbocycles. The molecule has 0 aromatic heterocycles. The quantitative estimate of drug-likeness (QED) is 0.286. The van der Waals surface area contributed by atoms with Gasteiger partial charge in [0.25, 0.3) is 0 Å². The third-order valence-electron chi connectivity index (χ3n) is 2.76. The molecule has 0 amide bonds. The van der Waals surface area contributed by atoms with Crippen molar-refractivity contribution in [3.8, 4) is 0 Å². The molecule has 80 valence electrons. The van der Waals surface area contributed by atoms with Crippen LogP contribution in [0.5, 0.6) is 0 Å². The Labute approximate surface area is 89.6 Å². The summed E-state index contributed by atoms with van der Waals surface area (Å²) in [5, 5.41) is 3.55. The molecule has 15 heavy (non-hydrogen) atoms. The second-order valence-corrected chi connectivity index (χ2v) is 3.87. The predicted octanol–water partition coefficient (Wildman–Crippen LogP) is 0.936. The van der Waals surface area contributed by atoms with Gasteiger partial charge in [0.15, 0.2) is 0 Å². The molecular weight excluding hydrogens is 188 g/mol. The Kier molecular flexibility index (Phi) is 2.49. The molecule has 0 unspecified atom stereocenters. The number of rotatable bonds is 0. The van der Waals surface area contributed by atoms with Gasteiger partial charge in [-0.25, -0.2) is 0 Å². The summed E-state index contributed by atoms with van der Waals surface area (Å²) < 4.78 is 0. The highest BCUT2D eigenvalue weighted by molar-refractivity contribution is 5.95. The first kappa shape index (κ1) is 9.83. The van der Waals surface area contributed by atoms with Crippen LogP contribution in [0.15, 0.2) is 23.3 Å². The number of guanidine groups is 1. The number of nitrogens with zero attached hydrogens (tertiary/aromatic N) is 2. The van der Waals surface area contributed by atoms with Crippen LogP contribution in [0.1, 0.15) is 17.5 Å². The maximum absolute atomic E-state index is 5.75. The smallest absolute Gasteiger partial charge is 0.217 e. The standard InChI is InChI=1S/C11H16N4/c1-8-4-5-10-9(7-8)3-2-6-15(10)11(12)14-13/h4-5,7H,2-3,6,13H2,1H3,(H2,12,14). The van der Waals surface area contributed by atoms with Gasteiger partial charge in [-0.3, -0.25) is 0 Å². The second-order valence-electron chi connectivity index (χ2n) is 3.87. The van der Waals surface area contributed by atoms with E-state index in [0.717, 1.165) is 25.1 Å². The number of hydrogen-bond donors (Lipinski definition) is 2. The molecular formula is C11H16N4. The van der Waals surface area contributed by atoms with Gasteiger partial charge in [0.05, 0.1) is 0 Å². The van der Waals surface area contributed by atoms with Crippen molar-refractivity contribution in [2.75, 3.05) is 11.4 Å². The first-order chi connectivity index (χ1) is 7.22. The summed E-state index contributed by atoms with van der Waals surface area (Å²) in [5.74, 6) is 5.60. The van der Waals surface area contributed by atoms with E-state index in [1.165, 1.54) is 11.1 Å². The maximum Gasteiger partial charge on any atom is 0.217 e. The number of fused-ring (bicyclic) bond motifs is 1. The Hall–Kier alpha value is -1.71. The topological polar surface area (TPSA) is 67.6 Å². The highest BCUT2D eigenvalue weighted by Crippen LogP contribution is 2.27. The molecule has 0 bridgehead atoms. The second kappa shape index (κ2) is 3.81. The van der Waals surface area contributed by atoms with Gasteiger partial charge in [0.1, 0.15) is 0 Å². The van der Waals surface area contributed by atoms with Gasteiger partial charge in [0, 0.05) is 12.2 Å². The van der Waals surface area contributed by atoms with Crippen LogP contribution < -0.4 is 16.5 Å². The minimum atomic E-state index is 0.389. The molecule has 0 fully saturated rings. The Bertz CT molecular complexity index is 398. The third-order valence-corrected chi connectivity index (χ3v) is 2.76. The number of hydrogen-bond acceptors (Lipinski definition) is 2. The van der Waals surface area contributed by atoms with E-state index in [2.05, 4.69) is 30.2 Å². The zero-order valence-electron chi connectivity index (χ0n) is 8.90. The lowest BCUT2D eigenvalue weighted by atomic mass is 10.00. The Morgan fingerprint density at radius 3 is 3.00 bits per heavy atom. The summed E-state index contributed by atoms with van der Waals surface area (Å²) >= 11 is 0. The normalized spacial score (nSPS) is 16.3. The lowest BCUT2D eigenvalue weighted by Crippen LogP contribution is -2.41. The van der Waals surface area contributed by atoms with Gasteiger partial charge in [-0.2, -0.15) is 0 Å². The van der Waals surface area contributed by atoms with Crippen molar-refractivity contribution in [2.45, 2.75) is 19.8 Å². The van der Waals surface area contributed by atoms with Crippen LogP contribution in [0, 0.1) is 6.92 Å². The number of nitrogens with two attached hydrogens (primary N) is 2. The molecule has 4 nitrogen and oxygen atoms in total. The Balaban J connectivity index is 2.43. The predicted molar refractivity (Wildman–Crippen MR) is 62.7 cm³/mol. The van der Waals surface area contributed by atoms with Crippen LogP contribution in [-0.2, 0) is 6.42 Å². The van der Waals surface area contributed by atoms with E-state index in [0.29, 0.717) is 5.96 Å². The van der Waals surface area contributed by atoms with Crippen LogP contribution in [0.4, 0.5) is 5.69 Å². The van der Waals surface area contributed by atoms with Crippen LogP contribution >= 0.6 is 0 Å². The van der Waals surface area contributed by atoms with E-state index in [1.54, 1.807) is 0 Å². The van der Waals surface area contributed by atoms with Gasteiger partial charge in [-0.1, -0.05) is 17.7 Å². The Morgan fingerprint density at radius 2 is 2.27 bits per heavy atom. The molecule has 1 aromatic rings. The minimum absolute atomic E-state index is 0.389. The molecule has 0 spiro atoms. The number of hydrazone groups is 1. The van der Waals surface area contributed by atoms with Crippen molar-refractivity contribution in [1.82, 2.24) is 0 Å². The highest BCUT2D eigenvalue weighted by Gasteiger charge is 2.18. The molecule has 0 atom stereocenters. The lowest BCUT2D eigenvalue weighted by Gasteiger charge is -2.30. The van der Waals surface area contributed by atoms with Crippen LogP contribution in [-0.4, -0.2) is 12.5 Å². The van der Waals surface area contributed by atoms with E-state index in [9.17, 15) is 0 Å². The molecule has 1 aromatic carbocycles. The summed E-state index contributed by atoms with van der Waals surface area (Å²) in [6.07, 6.45) is 2.19. The van der Waals surface area contributed by atoms with Crippen LogP contribution in [0.25, 0.3) is 0 Å². The molecule has 4 N–H and O–H groups in total. The molecule has 0 saturated carbocycles. The van der Waals surface area contributed by atoms with E-state index in [-0.39, 0.29) is 0 Å². The van der Waals surface area contributed by atoms with Crippen molar-refractivity contribution in [2.24, 2.45) is 16.7 Å². The number of benzene rings is 1. The molecule has 0 radical (unpaired) electrons. The maximum atomic E-state index is 5.75. The fourth-order valence-electron chi connectivity index (χ4n) is 2.03. The number of aryl methyl sites for hydroxylation is 2. The van der Waals surface area contributed by atoms with E-state index in [4.69, 9.17) is 11.6 Å². The van der Waals surface area contributed by atoms with E-state index in [1.807, 2.05) is 4.90 Å². The van der Waals surface area contributed by atoms with Gasteiger partial charge in [0.2, 0.25) is 5.96 Å². The third kappa shape index (κ3) is 1.75. The fraction of sp³-hybridized carbons (Fsp3) is 0.364. The van der Waals surface area contributed by atoms with Crippen molar-refractivity contribution >= 4 is 11.6 Å². The minimum Gasteiger partial charge on any atom is -0.368 e. The van der Waals surface area contributed by atoms with Crippen LogP contribution in [0.3, 0.4) is 0 Å². The fourth-order valence-corrected chi connectivity index (χ4v) is 2.03. The molecule has 0 saturated heterocycles. The zero-order valence-corrected chi connectivity index (χ0v) is 8.90. The Morgan fingerprint density at radius 1 is 1.47 bits per heavy atom. The van der Waals surface area contributed by atoms with Crippen molar-refractivity contribution in [3.05, 3.63) is 29.3 Å². The molecule has 2 rings (SSSR count). The molecule has 1 aliphatic rings. The highest BCUT2D eigenvalue weighted by atomic mass is 15.3. The van der Waals surface area contributed by atoms with Crippen molar-refractivity contribution < 1.29 is 0 Å². The van der Waals surface area contributed by atoms with Gasteiger partial charge < -0.3 is 16.5 Å². The van der Waals surface area contributed by atoms with Crippen molar-refractivity contribution in [1.29, 1.82) is 0 Å².